The van der Waals surface area contributed by atoms with Crippen LogP contribution in [0.3, 0.4) is 0 Å². The smallest absolute Gasteiger partial charge is 0.271 e. The van der Waals surface area contributed by atoms with Gasteiger partial charge in [-0.15, -0.1) is 0 Å². The van der Waals surface area contributed by atoms with E-state index < -0.39 is 0 Å². The Morgan fingerprint density at radius 3 is 0.605 bits per heavy atom. The summed E-state index contributed by atoms with van der Waals surface area (Å²) in [6.07, 6.45) is 0. The number of non-ortho nitro benzene ring substituents is 2. The summed E-state index contributed by atoms with van der Waals surface area (Å²) in [6, 6.07) is 162. The van der Waals surface area contributed by atoms with E-state index in [4.69, 9.17) is 0 Å². The van der Waals surface area contributed by atoms with Gasteiger partial charge in [-0.05, 0) is 255 Å². The van der Waals surface area contributed by atoms with Crippen LogP contribution >= 0.6 is 0 Å². The summed E-state index contributed by atoms with van der Waals surface area (Å²) >= 11 is 0. The number of nitrogens with zero attached hydrogens (tertiary/aromatic N) is 8. The quantitative estimate of drug-likeness (QED) is 0.0454. The largest absolute Gasteiger partial charge is 0.345 e. The Bertz CT molecular complexity index is 6360. The molecule has 0 saturated heterocycles. The molecule has 0 aromatic heterocycles. The molecule has 0 bridgehead atoms. The molecule has 12 heteroatoms. The maximum Gasteiger partial charge on any atom is 0.271 e. The van der Waals surface area contributed by atoms with Gasteiger partial charge in [0.05, 0.1) is 9.85 Å². The average molecular weight is 1610 g/mol. The minimum absolute atomic E-state index is 0.0683. The zero-order valence-corrected chi connectivity index (χ0v) is 69.2. The predicted molar refractivity (Wildman–Crippen MR) is 518 cm³/mol. The number of benzene rings is 18. The summed E-state index contributed by atoms with van der Waals surface area (Å²) in [4.78, 5) is 34.7. The highest BCUT2D eigenvalue weighted by molar-refractivity contribution is 5.88. The lowest BCUT2D eigenvalue weighted by Crippen LogP contribution is -2.12. The third kappa shape index (κ3) is 19.5. The van der Waals surface area contributed by atoms with Gasteiger partial charge >= 0.3 is 0 Å². The van der Waals surface area contributed by atoms with Crippen LogP contribution in [0, 0.1) is 27.2 Å². The van der Waals surface area contributed by atoms with E-state index in [0.29, 0.717) is 0 Å². The van der Waals surface area contributed by atoms with Crippen LogP contribution in [0.1, 0.15) is 5.56 Å². The van der Waals surface area contributed by atoms with Gasteiger partial charge in [-0.3, -0.25) is 20.2 Å². The molecule has 0 N–H and O–H groups in total. The van der Waals surface area contributed by atoms with Gasteiger partial charge in [0.2, 0.25) is 0 Å². The molecule has 602 valence electrons. The lowest BCUT2D eigenvalue weighted by Gasteiger charge is -2.27. The fourth-order valence-corrected chi connectivity index (χ4v) is 15.4. The average Bonchev–Trinajstić information content (AvgIpc) is 0.788. The van der Waals surface area contributed by atoms with Gasteiger partial charge in [0.15, 0.2) is 0 Å². The normalized spacial score (nSPS) is 10.7. The second-order valence-corrected chi connectivity index (χ2v) is 30.1. The summed E-state index contributed by atoms with van der Waals surface area (Å²) in [6.45, 7) is 2.13. The molecule has 18 aromatic rings. The van der Waals surface area contributed by atoms with E-state index in [0.717, 1.165) is 124 Å². The first-order valence-corrected chi connectivity index (χ1v) is 41.2. The molecule has 18 aromatic carbocycles. The topological polar surface area (TPSA) is 106 Å². The molecule has 0 amide bonds. The van der Waals surface area contributed by atoms with Crippen LogP contribution < -0.4 is 29.4 Å². The minimum atomic E-state index is -0.382. The van der Waals surface area contributed by atoms with E-state index in [9.17, 15) is 20.2 Å². The van der Waals surface area contributed by atoms with Crippen LogP contribution in [0.4, 0.5) is 96.7 Å². The minimum Gasteiger partial charge on any atom is -0.345 e. The molecule has 0 aliphatic heterocycles. The summed E-state index contributed by atoms with van der Waals surface area (Å²) < 4.78 is 0. The molecule has 0 aliphatic carbocycles. The fourth-order valence-electron chi connectivity index (χ4n) is 15.4. The molecule has 0 atom stereocenters. The Kier molecular flexibility index (Phi) is 25.3. The van der Waals surface area contributed by atoms with Crippen LogP contribution in [0.15, 0.2) is 473 Å². The molecule has 0 radical (unpaired) electrons. The molecule has 0 fully saturated rings. The Morgan fingerprint density at radius 1 is 0.169 bits per heavy atom. The van der Waals surface area contributed by atoms with Crippen molar-refractivity contribution in [3.63, 3.8) is 0 Å². The van der Waals surface area contributed by atoms with E-state index in [1.165, 1.54) is 51.7 Å². The van der Waals surface area contributed by atoms with Crippen molar-refractivity contribution in [2.75, 3.05) is 50.5 Å². The van der Waals surface area contributed by atoms with Gasteiger partial charge in [-0.25, -0.2) is 0 Å². The van der Waals surface area contributed by atoms with E-state index in [2.05, 4.69) is 422 Å². The van der Waals surface area contributed by atoms with E-state index in [-0.39, 0.29) is 21.2 Å². The highest BCUT2D eigenvalue weighted by atomic mass is 16.6. The van der Waals surface area contributed by atoms with Crippen molar-refractivity contribution in [3.8, 4) is 66.8 Å². The number of nitro groups is 2. The number of aryl methyl sites for hydroxylation is 1. The molecule has 0 spiro atoms. The molecule has 0 heterocycles. The van der Waals surface area contributed by atoms with Crippen molar-refractivity contribution < 1.29 is 9.85 Å². The van der Waals surface area contributed by atoms with Crippen molar-refractivity contribution in [2.24, 2.45) is 0 Å². The van der Waals surface area contributed by atoms with Crippen LogP contribution in [-0.4, -0.2) is 31.0 Å². The second-order valence-electron chi connectivity index (χ2n) is 30.1. The number of nitro benzene ring substituents is 2. The standard InChI is InChI=1S/C38H32N2.2C37H29N3O2/c1-29-12-9-19-36(26-29)39(2)34-22-24-35(25-23-34)40(37-20-10-17-32(27-37)30-13-5-3-6-14-30)38-21-11-18-33(28-38)31-15-7-4-8-16-31;1-38(34-17-10-20-37(27-34)40(41)42)32-21-23-33(24-22-32)39(35-18-8-15-30(25-35)28-11-4-2-5-12-28)36-19-9-16-31(26-36)29-13-6-3-7-14-29;1-38(33-20-24-35(25-21-33)40(41)42)32-18-22-34(23-19-32)39(36-16-8-14-30(26-36)28-10-4-2-5-11-28)37-17-9-15-31(27-37)29-12-6-3-7-13-29/h3-28H,1-2H3;2*2-27H,1H3. The van der Waals surface area contributed by atoms with E-state index in [1.807, 2.05) is 66.4 Å². The first kappa shape index (κ1) is 81.3. The van der Waals surface area contributed by atoms with Gasteiger partial charge in [0, 0.05) is 131 Å². The van der Waals surface area contributed by atoms with Gasteiger partial charge in [-0.2, -0.15) is 0 Å². The Morgan fingerprint density at radius 2 is 0.363 bits per heavy atom. The molecule has 18 rings (SSSR count). The highest BCUT2D eigenvalue weighted by Crippen LogP contribution is 2.45. The van der Waals surface area contributed by atoms with Crippen LogP contribution in [0.25, 0.3) is 66.8 Å². The van der Waals surface area contributed by atoms with Gasteiger partial charge < -0.3 is 29.4 Å². The summed E-state index contributed by atoms with van der Waals surface area (Å²) in [7, 11) is 5.99. The maximum absolute atomic E-state index is 11.3. The monoisotopic (exact) mass is 1610 g/mol. The number of hydrogen-bond donors (Lipinski definition) is 0. The predicted octanol–water partition coefficient (Wildman–Crippen LogP) is 30.9. The number of rotatable bonds is 23. The first-order valence-electron chi connectivity index (χ1n) is 41.2. The van der Waals surface area contributed by atoms with Gasteiger partial charge in [-0.1, -0.05) is 273 Å². The second kappa shape index (κ2) is 38.5. The van der Waals surface area contributed by atoms with Crippen LogP contribution in [0.2, 0.25) is 0 Å². The molecular weight excluding hydrogens is 1520 g/mol. The zero-order chi connectivity index (χ0) is 85.1. The van der Waals surface area contributed by atoms with Gasteiger partial charge in [0.1, 0.15) is 0 Å². The van der Waals surface area contributed by atoms with Crippen molar-refractivity contribution in [1.29, 1.82) is 0 Å². The fraction of sp³-hybridized carbons (Fsp3) is 0.0357. The number of anilines is 15. The van der Waals surface area contributed by atoms with Crippen LogP contribution in [-0.2, 0) is 0 Å². The third-order valence-corrected chi connectivity index (χ3v) is 22.0. The van der Waals surface area contributed by atoms with Crippen molar-refractivity contribution in [3.05, 3.63) is 499 Å². The molecule has 124 heavy (non-hydrogen) atoms. The Labute approximate surface area is 725 Å². The van der Waals surface area contributed by atoms with Crippen molar-refractivity contribution in [2.45, 2.75) is 6.92 Å². The zero-order valence-electron chi connectivity index (χ0n) is 69.2. The molecule has 0 unspecified atom stereocenters. The molecule has 12 nitrogen and oxygen atoms in total. The van der Waals surface area contributed by atoms with Crippen LogP contribution in [0.5, 0.6) is 0 Å². The maximum atomic E-state index is 11.3. The molecular formula is C112H90N8O4. The molecule has 0 aliphatic rings. The lowest BCUT2D eigenvalue weighted by atomic mass is 10.0. The Hall–Kier alpha value is -16.4. The number of hydrogen-bond acceptors (Lipinski definition) is 10. The van der Waals surface area contributed by atoms with E-state index in [1.54, 1.807) is 24.3 Å². The summed E-state index contributed by atoms with van der Waals surface area (Å²) in [5, 5.41) is 22.4. The lowest BCUT2D eigenvalue weighted by molar-refractivity contribution is -0.385. The van der Waals surface area contributed by atoms with E-state index >= 15 is 0 Å². The SMILES string of the molecule is CN(c1ccc(N(c2cccc(-c3ccccc3)c2)c2cccc(-c3ccccc3)c2)cc1)c1ccc([N+](=O)[O-])cc1.CN(c1ccc(N(c2cccc(-c3ccccc3)c2)c2cccc(-c3ccccc3)c2)cc1)c1cccc([N+](=O)[O-])c1.Cc1cccc(N(C)c2ccc(N(c3cccc(-c4ccccc4)c3)c3cccc(-c4ccccc4)c3)cc2)c1. The highest BCUT2D eigenvalue weighted by Gasteiger charge is 2.22. The summed E-state index contributed by atoms with van der Waals surface area (Å²) in [5.74, 6) is 0. The van der Waals surface area contributed by atoms with Crippen molar-refractivity contribution >= 4 is 96.7 Å². The Balaban J connectivity index is 0.000000138. The van der Waals surface area contributed by atoms with Crippen molar-refractivity contribution in [1.82, 2.24) is 0 Å². The third-order valence-electron chi connectivity index (χ3n) is 22.0. The molecule has 0 saturated carbocycles. The first-order chi connectivity index (χ1) is 60.8. The van der Waals surface area contributed by atoms with Gasteiger partial charge in [0.25, 0.3) is 11.4 Å². The summed E-state index contributed by atoms with van der Waals surface area (Å²) in [5.41, 5.74) is 30.8.